The topological polar surface area (TPSA) is 51.0 Å². The Balaban J connectivity index is 1.75. The number of anilines is 1. The predicted molar refractivity (Wildman–Crippen MR) is 90.5 cm³/mol. The van der Waals surface area contributed by atoms with Crippen molar-refractivity contribution in [3.8, 4) is 0 Å². The van der Waals surface area contributed by atoms with Gasteiger partial charge in [0.05, 0.1) is 11.4 Å². The van der Waals surface area contributed by atoms with Gasteiger partial charge in [-0.15, -0.1) is 22.0 Å². The maximum Gasteiger partial charge on any atom is 0.237 e. The SMILES string of the molecule is C[C@H]1CCN(C(=O)CSc2nncn2C)c2ccccc2S1. The Hall–Kier alpha value is -1.47. The average molecular weight is 334 g/mol. The van der Waals surface area contributed by atoms with Crippen molar-refractivity contribution >= 4 is 35.1 Å². The van der Waals surface area contributed by atoms with Crippen molar-refractivity contribution in [3.63, 3.8) is 0 Å². The molecule has 2 aromatic rings. The van der Waals surface area contributed by atoms with E-state index < -0.39 is 0 Å². The molecular formula is C15H18N4OS2. The monoisotopic (exact) mass is 334 g/mol. The van der Waals surface area contributed by atoms with Gasteiger partial charge in [-0.3, -0.25) is 4.79 Å². The van der Waals surface area contributed by atoms with Crippen LogP contribution in [0.2, 0.25) is 0 Å². The molecule has 22 heavy (non-hydrogen) atoms. The molecule has 0 spiro atoms. The molecule has 5 nitrogen and oxygen atoms in total. The normalized spacial score (nSPS) is 17.9. The molecule has 1 aliphatic heterocycles. The first-order valence-electron chi connectivity index (χ1n) is 7.18. The van der Waals surface area contributed by atoms with Gasteiger partial charge in [-0.05, 0) is 18.6 Å². The quantitative estimate of drug-likeness (QED) is 0.808. The van der Waals surface area contributed by atoms with Gasteiger partial charge in [0.25, 0.3) is 0 Å². The molecule has 1 atom stereocenters. The van der Waals surface area contributed by atoms with Gasteiger partial charge in [-0.2, -0.15) is 0 Å². The molecule has 2 heterocycles. The molecule has 1 amide bonds. The molecule has 3 rings (SSSR count). The first-order valence-corrected chi connectivity index (χ1v) is 9.04. The summed E-state index contributed by atoms with van der Waals surface area (Å²) in [6.07, 6.45) is 2.64. The molecule has 116 valence electrons. The van der Waals surface area contributed by atoms with Crippen molar-refractivity contribution in [1.82, 2.24) is 14.8 Å². The standard InChI is InChI=1S/C15H18N4OS2/c1-11-7-8-19(12-5-3-4-6-13(12)22-11)14(20)9-21-15-17-16-10-18(15)2/h3-6,10-11H,7-9H2,1-2H3/t11-/m0/s1. The minimum atomic E-state index is 0.121. The van der Waals surface area contributed by atoms with Gasteiger partial charge < -0.3 is 9.47 Å². The van der Waals surface area contributed by atoms with Crippen LogP contribution in [0.4, 0.5) is 5.69 Å². The lowest BCUT2D eigenvalue weighted by atomic mass is 10.2. The third-order valence-electron chi connectivity index (χ3n) is 3.54. The molecule has 0 bridgehead atoms. The number of fused-ring (bicyclic) bond motifs is 1. The first-order chi connectivity index (χ1) is 10.6. The van der Waals surface area contributed by atoms with Gasteiger partial charge >= 0.3 is 0 Å². The number of aromatic nitrogens is 3. The fourth-order valence-electron chi connectivity index (χ4n) is 2.35. The minimum Gasteiger partial charge on any atom is -0.312 e. The van der Waals surface area contributed by atoms with Crippen LogP contribution < -0.4 is 4.90 Å². The van der Waals surface area contributed by atoms with E-state index in [1.807, 2.05) is 46.5 Å². The molecule has 0 N–H and O–H groups in total. The lowest BCUT2D eigenvalue weighted by Crippen LogP contribution is -2.33. The molecule has 0 saturated carbocycles. The second-order valence-electron chi connectivity index (χ2n) is 5.24. The van der Waals surface area contributed by atoms with Crippen molar-refractivity contribution < 1.29 is 4.79 Å². The number of amides is 1. The second-order valence-corrected chi connectivity index (χ2v) is 7.67. The summed E-state index contributed by atoms with van der Waals surface area (Å²) in [4.78, 5) is 15.8. The molecule has 1 aromatic carbocycles. The summed E-state index contributed by atoms with van der Waals surface area (Å²) in [6, 6.07) is 8.15. The summed E-state index contributed by atoms with van der Waals surface area (Å²) in [6.45, 7) is 2.98. The van der Waals surface area contributed by atoms with E-state index in [4.69, 9.17) is 0 Å². The van der Waals surface area contributed by atoms with E-state index in [-0.39, 0.29) is 5.91 Å². The summed E-state index contributed by atoms with van der Waals surface area (Å²) in [5, 5.41) is 9.13. The van der Waals surface area contributed by atoms with Crippen molar-refractivity contribution in [2.45, 2.75) is 28.6 Å². The number of benzene rings is 1. The van der Waals surface area contributed by atoms with Crippen molar-refractivity contribution in [2.24, 2.45) is 7.05 Å². The summed E-state index contributed by atoms with van der Waals surface area (Å²) in [7, 11) is 1.88. The van der Waals surface area contributed by atoms with Crippen LogP contribution in [-0.4, -0.2) is 38.2 Å². The van der Waals surface area contributed by atoms with E-state index in [0.717, 1.165) is 23.8 Å². The lowest BCUT2D eigenvalue weighted by Gasteiger charge is -2.22. The highest BCUT2D eigenvalue weighted by Gasteiger charge is 2.24. The van der Waals surface area contributed by atoms with Crippen molar-refractivity contribution in [3.05, 3.63) is 30.6 Å². The van der Waals surface area contributed by atoms with Gasteiger partial charge in [0.1, 0.15) is 6.33 Å². The average Bonchev–Trinajstić information content (AvgIpc) is 2.83. The second kappa shape index (κ2) is 6.75. The molecule has 7 heteroatoms. The molecule has 1 aliphatic rings. The van der Waals surface area contributed by atoms with Crippen LogP contribution in [0.5, 0.6) is 0 Å². The van der Waals surface area contributed by atoms with Gasteiger partial charge in [-0.1, -0.05) is 30.8 Å². The third kappa shape index (κ3) is 3.30. The van der Waals surface area contributed by atoms with Crippen LogP contribution in [0.3, 0.4) is 0 Å². The van der Waals surface area contributed by atoms with E-state index in [9.17, 15) is 4.79 Å². The predicted octanol–water partition coefficient (Wildman–Crippen LogP) is 2.82. The summed E-state index contributed by atoms with van der Waals surface area (Å²) in [5.74, 6) is 0.495. The number of hydrogen-bond acceptors (Lipinski definition) is 5. The Morgan fingerprint density at radius 1 is 1.45 bits per heavy atom. The van der Waals surface area contributed by atoms with Crippen LogP contribution in [0, 0.1) is 0 Å². The summed E-state index contributed by atoms with van der Waals surface area (Å²) >= 11 is 3.27. The number of hydrogen-bond donors (Lipinski definition) is 0. The number of rotatable bonds is 3. The highest BCUT2D eigenvalue weighted by Crippen LogP contribution is 2.37. The Kier molecular flexibility index (Phi) is 4.73. The zero-order valence-electron chi connectivity index (χ0n) is 12.6. The van der Waals surface area contributed by atoms with Gasteiger partial charge in [0.2, 0.25) is 5.91 Å². The summed E-state index contributed by atoms with van der Waals surface area (Å²) in [5.41, 5.74) is 1.03. The van der Waals surface area contributed by atoms with Crippen molar-refractivity contribution in [1.29, 1.82) is 0 Å². The van der Waals surface area contributed by atoms with Crippen LogP contribution in [0.15, 0.2) is 40.6 Å². The smallest absolute Gasteiger partial charge is 0.237 e. The van der Waals surface area contributed by atoms with Crippen LogP contribution >= 0.6 is 23.5 Å². The lowest BCUT2D eigenvalue weighted by molar-refractivity contribution is -0.116. The van der Waals surface area contributed by atoms with E-state index in [1.54, 1.807) is 6.33 Å². The van der Waals surface area contributed by atoms with Crippen LogP contribution in [-0.2, 0) is 11.8 Å². The maximum atomic E-state index is 12.7. The van der Waals surface area contributed by atoms with Gasteiger partial charge in [0, 0.05) is 23.7 Å². The van der Waals surface area contributed by atoms with Gasteiger partial charge in [0.15, 0.2) is 5.16 Å². The van der Waals surface area contributed by atoms with E-state index in [2.05, 4.69) is 23.2 Å². The fraction of sp³-hybridized carbons (Fsp3) is 0.400. The van der Waals surface area contributed by atoms with Crippen LogP contribution in [0.1, 0.15) is 13.3 Å². The molecular weight excluding hydrogens is 316 g/mol. The van der Waals surface area contributed by atoms with Crippen molar-refractivity contribution in [2.75, 3.05) is 17.2 Å². The number of carbonyl (C=O) groups is 1. The Bertz CT molecular complexity index is 673. The third-order valence-corrected chi connectivity index (χ3v) is 5.80. The molecule has 0 fully saturated rings. The van der Waals surface area contributed by atoms with E-state index in [0.29, 0.717) is 11.0 Å². The number of aryl methyl sites for hydroxylation is 1. The number of carbonyl (C=O) groups excluding carboxylic acids is 1. The van der Waals surface area contributed by atoms with Crippen LogP contribution in [0.25, 0.3) is 0 Å². The fourth-order valence-corrected chi connectivity index (χ4v) is 4.23. The molecule has 0 radical (unpaired) electrons. The Morgan fingerprint density at radius 2 is 2.27 bits per heavy atom. The Morgan fingerprint density at radius 3 is 3.05 bits per heavy atom. The first kappa shape index (κ1) is 15.4. The summed E-state index contributed by atoms with van der Waals surface area (Å²) < 4.78 is 1.83. The Labute approximate surface area is 138 Å². The largest absolute Gasteiger partial charge is 0.312 e. The zero-order chi connectivity index (χ0) is 15.5. The van der Waals surface area contributed by atoms with E-state index >= 15 is 0 Å². The highest BCUT2D eigenvalue weighted by atomic mass is 32.2. The molecule has 0 aliphatic carbocycles. The maximum absolute atomic E-state index is 12.7. The molecule has 0 unspecified atom stereocenters. The molecule has 0 saturated heterocycles. The minimum absolute atomic E-state index is 0.121. The van der Waals surface area contributed by atoms with Gasteiger partial charge in [-0.25, -0.2) is 0 Å². The molecule has 1 aromatic heterocycles. The zero-order valence-corrected chi connectivity index (χ0v) is 14.2. The highest BCUT2D eigenvalue weighted by molar-refractivity contribution is 8.00. The number of nitrogens with zero attached hydrogens (tertiary/aromatic N) is 4. The van der Waals surface area contributed by atoms with E-state index in [1.165, 1.54) is 16.7 Å². The number of para-hydroxylation sites is 1. The number of thioether (sulfide) groups is 2.